The van der Waals surface area contributed by atoms with E-state index in [-0.39, 0.29) is 36.0 Å². The quantitative estimate of drug-likeness (QED) is 0.309. The van der Waals surface area contributed by atoms with Gasteiger partial charge in [-0.3, -0.25) is 9.69 Å². The van der Waals surface area contributed by atoms with Gasteiger partial charge in [-0.05, 0) is 93.2 Å². The third kappa shape index (κ3) is 5.06. The molecule has 47 heavy (non-hydrogen) atoms. The number of fused-ring (bicyclic) bond motifs is 4. The van der Waals surface area contributed by atoms with E-state index < -0.39 is 22.7 Å². The molecule has 1 amide bonds. The Labute approximate surface area is 280 Å². The van der Waals surface area contributed by atoms with Gasteiger partial charge in [0.05, 0.1) is 29.8 Å². The highest BCUT2D eigenvalue weighted by Crippen LogP contribution is 2.56. The molecule has 5 heterocycles. The predicted octanol–water partition coefficient (Wildman–Crippen LogP) is 6.56. The lowest BCUT2D eigenvalue weighted by atomic mass is 9.78. The van der Waals surface area contributed by atoms with Crippen LogP contribution in [0.3, 0.4) is 0 Å². The molecule has 3 aromatic rings. The standard InChI is InChI=1S/C37H43ClF2N4O3/c1-21-13-29-30(18-31(21)38)37(47-33(29)36(2,3)35-41-9-12-42(35)4)7-10-43(11-8-37)34(45)28-17-23(44-19-25-15-24(44)20-46-25)16-27(28)26-6-5-22(39)14-32(26)40/h5-6,9,12-14,18,23-25,27-28,33H,7-8,10-11,15-17,19-20H2,1-4H3/t23-,24+,25+,27+,28-,33+/m1/s1. The number of nitrogens with zero attached hydrogens (tertiary/aromatic N) is 4. The fraction of sp³-hybridized carbons (Fsp3) is 0.568. The number of aromatic nitrogens is 2. The molecule has 5 aliphatic rings. The summed E-state index contributed by atoms with van der Waals surface area (Å²) in [6, 6.07) is 8.56. The first kappa shape index (κ1) is 31.4. The number of amides is 1. The van der Waals surface area contributed by atoms with E-state index in [4.69, 9.17) is 26.1 Å². The van der Waals surface area contributed by atoms with Crippen LogP contribution in [0.2, 0.25) is 5.02 Å². The summed E-state index contributed by atoms with van der Waals surface area (Å²) in [5, 5.41) is 0.711. The highest BCUT2D eigenvalue weighted by molar-refractivity contribution is 6.31. The molecule has 1 spiro atoms. The number of halogens is 3. The zero-order valence-corrected chi connectivity index (χ0v) is 28.3. The molecular formula is C37H43ClF2N4O3. The van der Waals surface area contributed by atoms with Gasteiger partial charge >= 0.3 is 0 Å². The summed E-state index contributed by atoms with van der Waals surface area (Å²) < 4.78 is 44.3. The molecule has 0 radical (unpaired) electrons. The van der Waals surface area contributed by atoms with Crippen LogP contribution in [0.4, 0.5) is 8.78 Å². The highest BCUT2D eigenvalue weighted by atomic mass is 35.5. The van der Waals surface area contributed by atoms with Gasteiger partial charge in [0, 0.05) is 68.2 Å². The van der Waals surface area contributed by atoms with E-state index in [0.717, 1.165) is 41.5 Å². The van der Waals surface area contributed by atoms with Gasteiger partial charge in [0.1, 0.15) is 17.5 Å². The molecule has 1 saturated carbocycles. The number of carbonyl (C=O) groups is 1. The summed E-state index contributed by atoms with van der Waals surface area (Å²) in [6.07, 6.45) is 7.42. The molecule has 2 bridgehead atoms. The largest absolute Gasteiger partial charge is 0.375 e. The van der Waals surface area contributed by atoms with Crippen LogP contribution in [-0.4, -0.2) is 69.7 Å². The number of aryl methyl sites for hydroxylation is 2. The summed E-state index contributed by atoms with van der Waals surface area (Å²) >= 11 is 6.73. The number of ether oxygens (including phenoxy) is 2. The first-order valence-electron chi connectivity index (χ1n) is 17.0. The van der Waals surface area contributed by atoms with E-state index in [1.807, 2.05) is 35.8 Å². The molecule has 3 saturated heterocycles. The Hall–Kier alpha value is -2.85. The first-order valence-corrected chi connectivity index (χ1v) is 17.4. The Morgan fingerprint density at radius 1 is 1.06 bits per heavy atom. The summed E-state index contributed by atoms with van der Waals surface area (Å²) in [4.78, 5) is 23.6. The van der Waals surface area contributed by atoms with Crippen molar-refractivity contribution in [1.82, 2.24) is 19.4 Å². The van der Waals surface area contributed by atoms with Gasteiger partial charge < -0.3 is 18.9 Å². The van der Waals surface area contributed by atoms with Crippen LogP contribution in [0.25, 0.3) is 0 Å². The molecule has 2 aromatic carbocycles. The Morgan fingerprint density at radius 3 is 2.51 bits per heavy atom. The summed E-state index contributed by atoms with van der Waals surface area (Å²) in [5.41, 5.74) is 2.69. The van der Waals surface area contributed by atoms with Crippen molar-refractivity contribution in [2.75, 3.05) is 26.2 Å². The fourth-order valence-corrected chi connectivity index (χ4v) is 9.76. The molecular weight excluding hydrogens is 622 g/mol. The third-order valence-corrected chi connectivity index (χ3v) is 12.4. The molecule has 4 fully saturated rings. The van der Waals surface area contributed by atoms with Gasteiger partial charge in [-0.2, -0.15) is 0 Å². The minimum absolute atomic E-state index is 0.0572. The molecule has 6 atom stereocenters. The molecule has 0 N–H and O–H groups in total. The number of imidazole rings is 1. The topological polar surface area (TPSA) is 59.8 Å². The van der Waals surface area contributed by atoms with E-state index in [1.165, 1.54) is 6.07 Å². The molecule has 250 valence electrons. The lowest BCUT2D eigenvalue weighted by molar-refractivity contribution is -0.151. The second-order valence-electron chi connectivity index (χ2n) is 15.1. The maximum absolute atomic E-state index is 15.3. The number of carbonyl (C=O) groups excluding carboxylic acids is 1. The van der Waals surface area contributed by atoms with E-state index in [2.05, 4.69) is 30.9 Å². The first-order chi connectivity index (χ1) is 22.4. The van der Waals surface area contributed by atoms with Crippen LogP contribution in [0, 0.1) is 24.5 Å². The van der Waals surface area contributed by atoms with Crippen LogP contribution in [-0.2, 0) is 32.3 Å². The summed E-state index contributed by atoms with van der Waals surface area (Å²) in [5.74, 6) is -0.854. The second-order valence-corrected chi connectivity index (χ2v) is 15.5. The van der Waals surface area contributed by atoms with Crippen LogP contribution in [0.15, 0.2) is 42.7 Å². The smallest absolute Gasteiger partial charge is 0.226 e. The maximum Gasteiger partial charge on any atom is 0.226 e. The van der Waals surface area contributed by atoms with Crippen molar-refractivity contribution in [3.05, 3.63) is 87.5 Å². The van der Waals surface area contributed by atoms with Crippen LogP contribution in [0.5, 0.6) is 0 Å². The Morgan fingerprint density at radius 2 is 1.85 bits per heavy atom. The van der Waals surface area contributed by atoms with Crippen molar-refractivity contribution in [2.24, 2.45) is 13.0 Å². The number of benzene rings is 2. The molecule has 0 unspecified atom stereocenters. The Balaban J connectivity index is 1.06. The van der Waals surface area contributed by atoms with Crippen molar-refractivity contribution in [1.29, 1.82) is 0 Å². The van der Waals surface area contributed by atoms with Gasteiger partial charge in [0.15, 0.2) is 0 Å². The van der Waals surface area contributed by atoms with E-state index in [1.54, 1.807) is 6.07 Å². The number of likely N-dealkylation sites (tertiary alicyclic amines) is 2. The van der Waals surface area contributed by atoms with E-state index in [0.29, 0.717) is 62.0 Å². The van der Waals surface area contributed by atoms with Crippen LogP contribution in [0.1, 0.15) is 86.1 Å². The van der Waals surface area contributed by atoms with Crippen molar-refractivity contribution in [3.8, 4) is 0 Å². The summed E-state index contributed by atoms with van der Waals surface area (Å²) in [6.45, 7) is 9.00. The molecule has 10 heteroatoms. The van der Waals surface area contributed by atoms with Crippen molar-refractivity contribution >= 4 is 17.5 Å². The van der Waals surface area contributed by atoms with Crippen molar-refractivity contribution in [2.45, 2.75) is 94.1 Å². The van der Waals surface area contributed by atoms with Gasteiger partial charge in [-0.15, -0.1) is 0 Å². The van der Waals surface area contributed by atoms with Crippen molar-refractivity contribution in [3.63, 3.8) is 0 Å². The van der Waals surface area contributed by atoms with Crippen LogP contribution >= 0.6 is 11.6 Å². The summed E-state index contributed by atoms with van der Waals surface area (Å²) in [7, 11) is 2.01. The lowest BCUT2D eigenvalue weighted by Crippen LogP contribution is -2.48. The highest BCUT2D eigenvalue weighted by Gasteiger charge is 2.54. The van der Waals surface area contributed by atoms with Gasteiger partial charge in [-0.25, -0.2) is 13.8 Å². The maximum atomic E-state index is 15.3. The monoisotopic (exact) mass is 664 g/mol. The lowest BCUT2D eigenvalue weighted by Gasteiger charge is -2.42. The second kappa shape index (κ2) is 11.4. The fourth-order valence-electron chi connectivity index (χ4n) is 9.59. The molecule has 4 aliphatic heterocycles. The van der Waals surface area contributed by atoms with Crippen LogP contribution < -0.4 is 0 Å². The number of hydrogen-bond acceptors (Lipinski definition) is 5. The predicted molar refractivity (Wildman–Crippen MR) is 174 cm³/mol. The van der Waals surface area contributed by atoms with Crippen molar-refractivity contribution < 1.29 is 23.0 Å². The average Bonchev–Trinajstić information content (AvgIpc) is 3.88. The third-order valence-electron chi connectivity index (χ3n) is 12.0. The SMILES string of the molecule is Cc1cc2c(cc1Cl)C1(CCN(C(=O)[C@@H]3C[C@H](N4C[C@@H]5C[C@H]4CO5)C[C@H]3c3ccc(F)cc3F)CC1)O[C@@H]2C(C)(C)c1nccn1C. The number of rotatable bonds is 5. The minimum Gasteiger partial charge on any atom is -0.375 e. The normalized spacial score (nSPS) is 30.1. The molecule has 1 aliphatic carbocycles. The minimum atomic E-state index is -0.601. The van der Waals surface area contributed by atoms with Gasteiger partial charge in [-0.1, -0.05) is 23.7 Å². The number of piperidine rings is 1. The average molecular weight is 665 g/mol. The zero-order chi connectivity index (χ0) is 32.8. The molecule has 1 aromatic heterocycles. The Kier molecular flexibility index (Phi) is 7.59. The molecule has 7 nitrogen and oxygen atoms in total. The van der Waals surface area contributed by atoms with Gasteiger partial charge in [0.25, 0.3) is 0 Å². The van der Waals surface area contributed by atoms with E-state index >= 15 is 4.39 Å². The number of hydrogen-bond donors (Lipinski definition) is 0. The number of morpholine rings is 1. The Bertz CT molecular complexity index is 1720. The van der Waals surface area contributed by atoms with Gasteiger partial charge in [0.2, 0.25) is 5.91 Å². The molecule has 8 rings (SSSR count). The van der Waals surface area contributed by atoms with E-state index in [9.17, 15) is 9.18 Å². The zero-order valence-electron chi connectivity index (χ0n) is 27.5.